The van der Waals surface area contributed by atoms with Crippen LogP contribution in [-0.4, -0.2) is 43.3 Å². The van der Waals surface area contributed by atoms with E-state index in [4.69, 9.17) is 0 Å². The highest BCUT2D eigenvalue weighted by molar-refractivity contribution is 6.47. The smallest absolute Gasteiger partial charge is 0.422 e. The molecule has 0 unspecified atom stereocenters. The van der Waals surface area contributed by atoms with E-state index in [1.54, 1.807) is 19.0 Å². The van der Waals surface area contributed by atoms with Crippen LogP contribution in [0.3, 0.4) is 0 Å². The first-order valence-electron chi connectivity index (χ1n) is 5.92. The van der Waals surface area contributed by atoms with Gasteiger partial charge in [0.2, 0.25) is 11.6 Å². The van der Waals surface area contributed by atoms with Crippen LogP contribution in [0.25, 0.3) is 0 Å². The molecule has 0 aliphatic carbocycles. The highest BCUT2D eigenvalue weighted by Gasteiger charge is 2.29. The standard InChI is InChI=1S/C14H14F3NO3/c1-18(2)8-7-11(19)13(20)10-5-3-4-6-12(10)21-9-14(15,16)17/h3-8H,9H2,1-2H3/b8-7+. The molecule has 0 bridgehead atoms. The normalized spacial score (nSPS) is 11.5. The Balaban J connectivity index is 2.92. The Morgan fingerprint density at radius 3 is 2.43 bits per heavy atom. The summed E-state index contributed by atoms with van der Waals surface area (Å²) in [6, 6.07) is 5.32. The molecule has 0 atom stereocenters. The molecule has 0 fully saturated rings. The van der Waals surface area contributed by atoms with Crippen LogP contribution in [0.15, 0.2) is 36.5 Å². The van der Waals surface area contributed by atoms with E-state index < -0.39 is 24.3 Å². The molecule has 0 spiro atoms. The topological polar surface area (TPSA) is 46.6 Å². The Labute approximate surface area is 119 Å². The molecule has 21 heavy (non-hydrogen) atoms. The van der Waals surface area contributed by atoms with Gasteiger partial charge in [0.1, 0.15) is 5.75 Å². The van der Waals surface area contributed by atoms with Gasteiger partial charge in [-0.15, -0.1) is 0 Å². The fourth-order valence-corrected chi connectivity index (χ4v) is 1.36. The van der Waals surface area contributed by atoms with Gasteiger partial charge in [-0.2, -0.15) is 13.2 Å². The van der Waals surface area contributed by atoms with Crippen LogP contribution < -0.4 is 4.74 Å². The number of carbonyl (C=O) groups is 2. The number of hydrogen-bond donors (Lipinski definition) is 0. The Morgan fingerprint density at radius 2 is 1.86 bits per heavy atom. The second-order valence-electron chi connectivity index (χ2n) is 4.37. The molecule has 0 amide bonds. The third-order valence-electron chi connectivity index (χ3n) is 2.27. The first-order valence-corrected chi connectivity index (χ1v) is 5.92. The summed E-state index contributed by atoms with van der Waals surface area (Å²) in [4.78, 5) is 25.1. The maximum atomic E-state index is 12.1. The Morgan fingerprint density at radius 1 is 1.24 bits per heavy atom. The van der Waals surface area contributed by atoms with Crippen LogP contribution in [0.4, 0.5) is 13.2 Å². The van der Waals surface area contributed by atoms with E-state index in [0.717, 1.165) is 6.08 Å². The Hall–Kier alpha value is -2.31. The number of benzene rings is 1. The van der Waals surface area contributed by atoms with Gasteiger partial charge in [-0.1, -0.05) is 12.1 Å². The van der Waals surface area contributed by atoms with Crippen molar-refractivity contribution >= 4 is 11.6 Å². The van der Waals surface area contributed by atoms with E-state index in [0.29, 0.717) is 0 Å². The number of hydrogen-bond acceptors (Lipinski definition) is 4. The summed E-state index contributed by atoms with van der Waals surface area (Å²) in [6.45, 7) is -1.53. The van der Waals surface area contributed by atoms with Crippen molar-refractivity contribution in [2.45, 2.75) is 6.18 Å². The highest BCUT2D eigenvalue weighted by Crippen LogP contribution is 2.22. The first-order chi connectivity index (χ1) is 9.70. The number of ketones is 2. The number of carbonyl (C=O) groups excluding carboxylic acids is 2. The van der Waals surface area contributed by atoms with Crippen molar-refractivity contribution in [3.63, 3.8) is 0 Å². The SMILES string of the molecule is CN(C)/C=C/C(=O)C(=O)c1ccccc1OCC(F)(F)F. The molecule has 114 valence electrons. The van der Waals surface area contributed by atoms with Crippen LogP contribution in [-0.2, 0) is 4.79 Å². The number of Topliss-reactive ketones (excluding diaryl/α,β-unsaturated/α-hetero) is 1. The lowest BCUT2D eigenvalue weighted by molar-refractivity contribution is -0.153. The molecular weight excluding hydrogens is 287 g/mol. The second kappa shape index (κ2) is 6.92. The minimum absolute atomic E-state index is 0.199. The van der Waals surface area contributed by atoms with Crippen LogP contribution >= 0.6 is 0 Å². The van der Waals surface area contributed by atoms with Crippen molar-refractivity contribution in [1.29, 1.82) is 0 Å². The third kappa shape index (κ3) is 5.68. The number of rotatable bonds is 6. The lowest BCUT2D eigenvalue weighted by Gasteiger charge is -2.11. The molecule has 1 aromatic carbocycles. The zero-order valence-electron chi connectivity index (χ0n) is 11.5. The van der Waals surface area contributed by atoms with Gasteiger partial charge in [0.05, 0.1) is 5.56 Å². The third-order valence-corrected chi connectivity index (χ3v) is 2.27. The summed E-state index contributed by atoms with van der Waals surface area (Å²) >= 11 is 0. The molecular formula is C14H14F3NO3. The fourth-order valence-electron chi connectivity index (χ4n) is 1.36. The van der Waals surface area contributed by atoms with Crippen LogP contribution in [0, 0.1) is 0 Å². The van der Waals surface area contributed by atoms with Crippen LogP contribution in [0.1, 0.15) is 10.4 Å². The number of para-hydroxylation sites is 1. The second-order valence-corrected chi connectivity index (χ2v) is 4.37. The van der Waals surface area contributed by atoms with Crippen molar-refractivity contribution in [3.8, 4) is 5.75 Å². The first kappa shape index (κ1) is 16.7. The quantitative estimate of drug-likeness (QED) is 0.460. The molecule has 0 saturated heterocycles. The molecule has 0 radical (unpaired) electrons. The van der Waals surface area contributed by atoms with E-state index in [9.17, 15) is 22.8 Å². The lowest BCUT2D eigenvalue weighted by Crippen LogP contribution is -2.21. The monoisotopic (exact) mass is 301 g/mol. The zero-order valence-corrected chi connectivity index (χ0v) is 11.5. The maximum Gasteiger partial charge on any atom is 0.422 e. The maximum absolute atomic E-state index is 12.1. The minimum atomic E-state index is -4.52. The van der Waals surface area contributed by atoms with Gasteiger partial charge in [-0.3, -0.25) is 9.59 Å². The van der Waals surface area contributed by atoms with Gasteiger partial charge >= 0.3 is 6.18 Å². The molecule has 4 nitrogen and oxygen atoms in total. The number of ether oxygens (including phenoxy) is 1. The Bertz CT molecular complexity index is 551. The van der Waals surface area contributed by atoms with Gasteiger partial charge in [0.25, 0.3) is 0 Å². The van der Waals surface area contributed by atoms with Gasteiger partial charge in [-0.05, 0) is 12.1 Å². The molecule has 0 saturated carbocycles. The highest BCUT2D eigenvalue weighted by atomic mass is 19.4. The van der Waals surface area contributed by atoms with Crippen molar-refractivity contribution in [2.75, 3.05) is 20.7 Å². The molecule has 0 aliphatic heterocycles. The summed E-state index contributed by atoms with van der Waals surface area (Å²) in [5.74, 6) is -2.04. The number of halogens is 3. The average Bonchev–Trinajstić information content (AvgIpc) is 2.41. The van der Waals surface area contributed by atoms with Gasteiger partial charge in [0, 0.05) is 26.4 Å². The molecule has 0 aromatic heterocycles. The van der Waals surface area contributed by atoms with Gasteiger partial charge in [-0.25, -0.2) is 0 Å². The molecule has 0 heterocycles. The van der Waals surface area contributed by atoms with Gasteiger partial charge in [0.15, 0.2) is 6.61 Å². The lowest BCUT2D eigenvalue weighted by atomic mass is 10.1. The summed E-state index contributed by atoms with van der Waals surface area (Å²) in [5.41, 5.74) is -0.199. The molecule has 0 aliphatic rings. The summed E-state index contributed by atoms with van der Waals surface area (Å²) in [7, 11) is 3.32. The number of nitrogens with zero attached hydrogens (tertiary/aromatic N) is 1. The predicted octanol–water partition coefficient (Wildman–Crippen LogP) is 2.45. The summed E-state index contributed by atoms with van der Waals surface area (Å²) < 4.78 is 41.0. The van der Waals surface area contributed by atoms with Crippen LogP contribution in [0.2, 0.25) is 0 Å². The average molecular weight is 301 g/mol. The Kier molecular flexibility index (Phi) is 5.52. The molecule has 0 N–H and O–H groups in total. The minimum Gasteiger partial charge on any atom is -0.483 e. The van der Waals surface area contributed by atoms with E-state index in [-0.39, 0.29) is 11.3 Å². The van der Waals surface area contributed by atoms with Crippen molar-refractivity contribution in [2.24, 2.45) is 0 Å². The number of allylic oxidation sites excluding steroid dienone is 1. The van der Waals surface area contributed by atoms with E-state index in [2.05, 4.69) is 4.74 Å². The summed E-state index contributed by atoms with van der Waals surface area (Å²) in [5, 5.41) is 0. The largest absolute Gasteiger partial charge is 0.483 e. The molecule has 1 aromatic rings. The van der Waals surface area contributed by atoms with Crippen molar-refractivity contribution in [3.05, 3.63) is 42.1 Å². The summed E-state index contributed by atoms with van der Waals surface area (Å²) in [6.07, 6.45) is -2.10. The molecule has 1 rings (SSSR count). The fraction of sp³-hybridized carbons (Fsp3) is 0.286. The van der Waals surface area contributed by atoms with Crippen LogP contribution in [0.5, 0.6) is 5.75 Å². The van der Waals surface area contributed by atoms with Gasteiger partial charge < -0.3 is 9.64 Å². The van der Waals surface area contributed by atoms with Crippen molar-refractivity contribution in [1.82, 2.24) is 4.90 Å². The van der Waals surface area contributed by atoms with Crippen molar-refractivity contribution < 1.29 is 27.5 Å². The number of alkyl halides is 3. The predicted molar refractivity (Wildman–Crippen MR) is 70.2 cm³/mol. The molecule has 7 heteroatoms. The zero-order chi connectivity index (χ0) is 16.0. The van der Waals surface area contributed by atoms with E-state index in [1.165, 1.54) is 30.5 Å². The van der Waals surface area contributed by atoms with E-state index >= 15 is 0 Å². The van der Waals surface area contributed by atoms with E-state index in [1.807, 2.05) is 0 Å².